The summed E-state index contributed by atoms with van der Waals surface area (Å²) in [7, 11) is 0. The first kappa shape index (κ1) is 26.6. The number of Topliss-reactive ketones (excluding diaryl/α,β-unsaturated/α-hetero) is 4. The van der Waals surface area contributed by atoms with Gasteiger partial charge < -0.3 is 0 Å². The molecule has 0 heterocycles. The molecular formula is C36H28O4. The van der Waals surface area contributed by atoms with Crippen LogP contribution in [-0.2, 0) is 0 Å². The van der Waals surface area contributed by atoms with E-state index in [0.717, 1.165) is 44.2 Å². The van der Waals surface area contributed by atoms with Crippen LogP contribution in [-0.4, -0.2) is 23.1 Å². The lowest BCUT2D eigenvalue weighted by Gasteiger charge is -2.20. The highest BCUT2D eigenvalue weighted by Crippen LogP contribution is 2.45. The van der Waals surface area contributed by atoms with E-state index in [9.17, 15) is 19.2 Å². The lowest BCUT2D eigenvalue weighted by Crippen LogP contribution is -1.98. The summed E-state index contributed by atoms with van der Waals surface area (Å²) in [6, 6.07) is 30.3. The minimum absolute atomic E-state index is 0.00637. The maximum Gasteiger partial charge on any atom is 0.159 e. The average molecular weight is 525 g/mol. The maximum atomic E-state index is 12.4. The molecule has 0 aliphatic carbocycles. The maximum absolute atomic E-state index is 12.4. The largest absolute Gasteiger partial charge is 0.295 e. The Balaban J connectivity index is 1.91. The van der Waals surface area contributed by atoms with Gasteiger partial charge in [0.05, 0.1) is 0 Å². The summed E-state index contributed by atoms with van der Waals surface area (Å²) in [6.07, 6.45) is 0. The Hall–Kier alpha value is -4.96. The molecular weight excluding hydrogens is 496 g/mol. The number of carbonyl (C=O) groups is 4. The number of carbonyl (C=O) groups excluding carboxylic acids is 4. The second-order valence-electron chi connectivity index (χ2n) is 10.1. The van der Waals surface area contributed by atoms with Gasteiger partial charge in [0, 0.05) is 22.3 Å². The fourth-order valence-corrected chi connectivity index (χ4v) is 5.07. The summed E-state index contributed by atoms with van der Waals surface area (Å²) >= 11 is 0. The van der Waals surface area contributed by atoms with Crippen LogP contribution >= 0.6 is 0 Å². The zero-order chi connectivity index (χ0) is 28.6. The van der Waals surface area contributed by atoms with Crippen LogP contribution in [0.2, 0.25) is 0 Å². The Bertz CT molecular complexity index is 1810. The van der Waals surface area contributed by atoms with Gasteiger partial charge in [0.25, 0.3) is 0 Å². The van der Waals surface area contributed by atoms with Crippen molar-refractivity contribution in [3.05, 3.63) is 119 Å². The van der Waals surface area contributed by atoms with Gasteiger partial charge in [-0.05, 0) is 84.0 Å². The second-order valence-corrected chi connectivity index (χ2v) is 10.1. The van der Waals surface area contributed by atoms with Crippen LogP contribution in [0.1, 0.15) is 69.1 Å². The standard InChI is InChI=1S/C36H28O4/c1-21(37)25-5-11-28(12-6-25)33-20-32-18-17-31(24(4)40)19-34(32)36(30-15-9-27(10-16-30)23(3)39)35(33)29-13-7-26(8-14-29)22(2)38/h5-20H,1-4H3. The van der Waals surface area contributed by atoms with Gasteiger partial charge in [-0.25, -0.2) is 0 Å². The monoisotopic (exact) mass is 524 g/mol. The summed E-state index contributed by atoms with van der Waals surface area (Å²) in [5.74, 6) is -0.0740. The predicted molar refractivity (Wildman–Crippen MR) is 160 cm³/mol. The molecule has 0 aromatic heterocycles. The van der Waals surface area contributed by atoms with Crippen molar-refractivity contribution in [3.8, 4) is 33.4 Å². The van der Waals surface area contributed by atoms with E-state index in [0.29, 0.717) is 22.3 Å². The first-order chi connectivity index (χ1) is 19.1. The summed E-state index contributed by atoms with van der Waals surface area (Å²) in [5.41, 5.74) is 7.96. The van der Waals surface area contributed by atoms with Crippen molar-refractivity contribution in [1.29, 1.82) is 0 Å². The van der Waals surface area contributed by atoms with Gasteiger partial charge in [0.2, 0.25) is 0 Å². The van der Waals surface area contributed by atoms with Crippen molar-refractivity contribution in [3.63, 3.8) is 0 Å². The minimum atomic E-state index is -0.0314. The van der Waals surface area contributed by atoms with Crippen LogP contribution in [0.25, 0.3) is 44.2 Å². The Morgan fingerprint density at radius 3 is 1.20 bits per heavy atom. The van der Waals surface area contributed by atoms with Crippen LogP contribution < -0.4 is 0 Å². The lowest BCUT2D eigenvalue weighted by molar-refractivity contribution is 0.100. The minimum Gasteiger partial charge on any atom is -0.295 e. The van der Waals surface area contributed by atoms with Gasteiger partial charge in [-0.2, -0.15) is 0 Å². The molecule has 196 valence electrons. The number of benzene rings is 5. The number of ketones is 4. The van der Waals surface area contributed by atoms with Crippen LogP contribution in [0.3, 0.4) is 0 Å². The third-order valence-electron chi connectivity index (χ3n) is 7.31. The molecule has 0 radical (unpaired) electrons. The molecule has 4 heteroatoms. The van der Waals surface area contributed by atoms with Gasteiger partial charge in [0.15, 0.2) is 23.1 Å². The predicted octanol–water partition coefficient (Wildman–Crippen LogP) is 8.65. The molecule has 0 aliphatic rings. The van der Waals surface area contributed by atoms with Crippen molar-refractivity contribution in [2.45, 2.75) is 27.7 Å². The Morgan fingerprint density at radius 2 is 0.775 bits per heavy atom. The molecule has 0 saturated carbocycles. The van der Waals surface area contributed by atoms with E-state index in [-0.39, 0.29) is 23.1 Å². The van der Waals surface area contributed by atoms with E-state index in [1.165, 1.54) is 6.92 Å². The molecule has 0 atom stereocenters. The van der Waals surface area contributed by atoms with Gasteiger partial charge >= 0.3 is 0 Å². The number of hydrogen-bond donors (Lipinski definition) is 0. The van der Waals surface area contributed by atoms with Crippen molar-refractivity contribution in [2.75, 3.05) is 0 Å². The van der Waals surface area contributed by atoms with E-state index in [1.54, 1.807) is 20.8 Å². The Kier molecular flexibility index (Phi) is 7.10. The lowest BCUT2D eigenvalue weighted by atomic mass is 9.83. The van der Waals surface area contributed by atoms with E-state index in [2.05, 4.69) is 6.07 Å². The molecule has 0 bridgehead atoms. The van der Waals surface area contributed by atoms with Gasteiger partial charge in [0.1, 0.15) is 0 Å². The van der Waals surface area contributed by atoms with Crippen molar-refractivity contribution < 1.29 is 19.2 Å². The highest BCUT2D eigenvalue weighted by Gasteiger charge is 2.20. The fourth-order valence-electron chi connectivity index (χ4n) is 5.07. The topological polar surface area (TPSA) is 68.3 Å². The first-order valence-corrected chi connectivity index (χ1v) is 13.1. The van der Waals surface area contributed by atoms with E-state index in [1.807, 2.05) is 91.0 Å². The van der Waals surface area contributed by atoms with E-state index < -0.39 is 0 Å². The summed E-state index contributed by atoms with van der Waals surface area (Å²) in [5, 5.41) is 1.85. The molecule has 0 N–H and O–H groups in total. The molecule has 0 saturated heterocycles. The Labute approximate surface area is 233 Å². The molecule has 0 spiro atoms. The van der Waals surface area contributed by atoms with E-state index >= 15 is 0 Å². The smallest absolute Gasteiger partial charge is 0.159 e. The third-order valence-corrected chi connectivity index (χ3v) is 7.31. The zero-order valence-electron chi connectivity index (χ0n) is 22.9. The molecule has 0 fully saturated rings. The average Bonchev–Trinajstić information content (AvgIpc) is 2.96. The van der Waals surface area contributed by atoms with E-state index in [4.69, 9.17) is 0 Å². The second kappa shape index (κ2) is 10.7. The first-order valence-electron chi connectivity index (χ1n) is 13.1. The molecule has 0 amide bonds. The molecule has 5 aromatic rings. The highest BCUT2D eigenvalue weighted by molar-refractivity contribution is 6.12. The highest BCUT2D eigenvalue weighted by atomic mass is 16.1. The molecule has 0 aliphatic heterocycles. The molecule has 40 heavy (non-hydrogen) atoms. The van der Waals surface area contributed by atoms with Crippen molar-refractivity contribution >= 4 is 33.9 Å². The number of hydrogen-bond acceptors (Lipinski definition) is 4. The zero-order valence-corrected chi connectivity index (χ0v) is 22.9. The molecule has 5 aromatic carbocycles. The van der Waals surface area contributed by atoms with Crippen molar-refractivity contribution in [2.24, 2.45) is 0 Å². The third kappa shape index (κ3) is 5.04. The quantitative estimate of drug-likeness (QED) is 0.200. The SMILES string of the molecule is CC(=O)c1ccc(-c2cc3ccc(C(C)=O)cc3c(-c3ccc(C(C)=O)cc3)c2-c2ccc(C(C)=O)cc2)cc1. The van der Waals surface area contributed by atoms with Crippen LogP contribution in [0.5, 0.6) is 0 Å². The summed E-state index contributed by atoms with van der Waals surface area (Å²) in [4.78, 5) is 48.4. The van der Waals surface area contributed by atoms with Crippen molar-refractivity contribution in [1.82, 2.24) is 0 Å². The van der Waals surface area contributed by atoms with Crippen LogP contribution in [0, 0.1) is 0 Å². The molecule has 4 nitrogen and oxygen atoms in total. The van der Waals surface area contributed by atoms with Gasteiger partial charge in [-0.1, -0.05) is 84.9 Å². The number of fused-ring (bicyclic) bond motifs is 1. The summed E-state index contributed by atoms with van der Waals surface area (Å²) in [6.45, 7) is 6.17. The molecule has 5 rings (SSSR count). The number of rotatable bonds is 7. The Morgan fingerprint density at radius 1 is 0.400 bits per heavy atom. The summed E-state index contributed by atoms with van der Waals surface area (Å²) < 4.78 is 0. The van der Waals surface area contributed by atoms with Crippen LogP contribution in [0.4, 0.5) is 0 Å². The van der Waals surface area contributed by atoms with Crippen LogP contribution in [0.15, 0.2) is 97.1 Å². The van der Waals surface area contributed by atoms with Gasteiger partial charge in [-0.3, -0.25) is 19.2 Å². The normalized spacial score (nSPS) is 10.9. The fraction of sp³-hybridized carbons (Fsp3) is 0.111. The molecule has 0 unspecified atom stereocenters. The van der Waals surface area contributed by atoms with Gasteiger partial charge in [-0.15, -0.1) is 0 Å².